The molecule has 0 aromatic rings. The first-order valence-corrected chi connectivity index (χ1v) is 5.43. The average Bonchev–Trinajstić information content (AvgIpc) is 2.27. The van der Waals surface area contributed by atoms with E-state index in [1.54, 1.807) is 6.08 Å². The van der Waals surface area contributed by atoms with Crippen molar-refractivity contribution >= 4 is 0 Å². The molecular weight excluding hydrogens is 202 g/mol. The number of allylic oxidation sites excluding steroid dienone is 5. The van der Waals surface area contributed by atoms with Gasteiger partial charge in [0.15, 0.2) is 0 Å². The van der Waals surface area contributed by atoms with Gasteiger partial charge in [-0.3, -0.25) is 10.1 Å². The van der Waals surface area contributed by atoms with Gasteiger partial charge >= 0.3 is 0 Å². The molecule has 0 unspecified atom stereocenters. The first-order valence-electron chi connectivity index (χ1n) is 5.43. The molecule has 3 heteroatoms. The van der Waals surface area contributed by atoms with E-state index in [0.717, 1.165) is 30.4 Å². The third-order valence-electron chi connectivity index (χ3n) is 2.21. The molecule has 0 aliphatic carbocycles. The second kappa shape index (κ2) is 7.63. The molecule has 0 atom stereocenters. The van der Waals surface area contributed by atoms with Crippen LogP contribution in [0.4, 0.5) is 0 Å². The van der Waals surface area contributed by atoms with E-state index < -0.39 is 4.92 Å². The van der Waals surface area contributed by atoms with Gasteiger partial charge in [0.25, 0.3) is 5.70 Å². The molecule has 3 nitrogen and oxygen atoms in total. The predicted octanol–water partition coefficient (Wildman–Crippen LogP) is 4.03. The van der Waals surface area contributed by atoms with Crippen LogP contribution in [0, 0.1) is 10.1 Å². The molecule has 0 heterocycles. The van der Waals surface area contributed by atoms with Crippen LogP contribution in [0.15, 0.2) is 48.2 Å². The molecule has 88 valence electrons. The van der Waals surface area contributed by atoms with Crippen LogP contribution >= 0.6 is 0 Å². The highest BCUT2D eigenvalue weighted by Gasteiger charge is 2.06. The topological polar surface area (TPSA) is 43.1 Å². The Balaban J connectivity index is 5.02. The zero-order chi connectivity index (χ0) is 12.6. The molecule has 0 aliphatic rings. The highest BCUT2D eigenvalue weighted by atomic mass is 16.6. The Morgan fingerprint density at radius 3 is 2.44 bits per heavy atom. The molecular formula is C13H19NO2. The molecule has 0 aliphatic heterocycles. The van der Waals surface area contributed by atoms with Crippen LogP contribution in [-0.4, -0.2) is 4.92 Å². The van der Waals surface area contributed by atoms with Crippen molar-refractivity contribution in [1.82, 2.24) is 0 Å². The lowest BCUT2D eigenvalue weighted by Gasteiger charge is -2.05. The van der Waals surface area contributed by atoms with E-state index in [9.17, 15) is 10.1 Å². The van der Waals surface area contributed by atoms with Gasteiger partial charge in [-0.25, -0.2) is 0 Å². The smallest absolute Gasteiger partial charge is 0.258 e. The van der Waals surface area contributed by atoms with Gasteiger partial charge in [0.2, 0.25) is 0 Å². The zero-order valence-electron chi connectivity index (χ0n) is 10.0. The summed E-state index contributed by atoms with van der Waals surface area (Å²) in [6.07, 6.45) is 8.07. The van der Waals surface area contributed by atoms with Crippen molar-refractivity contribution < 1.29 is 4.92 Å². The largest absolute Gasteiger partial charge is 0.262 e. The summed E-state index contributed by atoms with van der Waals surface area (Å²) in [6.45, 7) is 11.2. The van der Waals surface area contributed by atoms with Crippen molar-refractivity contribution in [2.45, 2.75) is 33.1 Å². The third-order valence-corrected chi connectivity index (χ3v) is 2.21. The van der Waals surface area contributed by atoms with E-state index in [1.165, 1.54) is 6.08 Å². The minimum Gasteiger partial charge on any atom is -0.258 e. The quantitative estimate of drug-likeness (QED) is 0.370. The SMILES string of the molecule is C=CC(=C\C(=C)[N+](=O)[O-])/C(=C/CCC)CC. The van der Waals surface area contributed by atoms with Crippen LogP contribution < -0.4 is 0 Å². The number of nitro groups is 1. The fourth-order valence-electron chi connectivity index (χ4n) is 1.30. The van der Waals surface area contributed by atoms with Crippen molar-refractivity contribution in [2.24, 2.45) is 0 Å². The summed E-state index contributed by atoms with van der Waals surface area (Å²) in [4.78, 5) is 9.99. The van der Waals surface area contributed by atoms with Gasteiger partial charge in [-0.05, 0) is 30.6 Å². The van der Waals surface area contributed by atoms with Gasteiger partial charge in [-0.1, -0.05) is 39.0 Å². The first kappa shape index (κ1) is 14.4. The second-order valence-electron chi connectivity index (χ2n) is 3.42. The van der Waals surface area contributed by atoms with E-state index in [4.69, 9.17) is 0 Å². The van der Waals surface area contributed by atoms with Crippen LogP contribution in [0.2, 0.25) is 0 Å². The molecule has 0 aromatic carbocycles. The number of hydrogen-bond donors (Lipinski definition) is 0. The summed E-state index contributed by atoms with van der Waals surface area (Å²) < 4.78 is 0. The van der Waals surface area contributed by atoms with E-state index >= 15 is 0 Å². The summed E-state index contributed by atoms with van der Waals surface area (Å²) in [6, 6.07) is 0. The normalized spacial score (nSPS) is 12.4. The lowest BCUT2D eigenvalue weighted by atomic mass is 10.0. The fraction of sp³-hybridized carbons (Fsp3) is 0.385. The third kappa shape index (κ3) is 4.73. The van der Waals surface area contributed by atoms with Crippen molar-refractivity contribution in [1.29, 1.82) is 0 Å². The van der Waals surface area contributed by atoms with Gasteiger partial charge < -0.3 is 0 Å². The Bertz CT molecular complexity index is 338. The van der Waals surface area contributed by atoms with Gasteiger partial charge in [0, 0.05) is 6.08 Å². The number of unbranched alkanes of at least 4 members (excludes halogenated alkanes) is 1. The summed E-state index contributed by atoms with van der Waals surface area (Å²) in [5.74, 6) is 0. The Kier molecular flexibility index (Phi) is 6.84. The average molecular weight is 221 g/mol. The minimum absolute atomic E-state index is 0.106. The van der Waals surface area contributed by atoms with Crippen molar-refractivity contribution in [2.75, 3.05) is 0 Å². The maximum Gasteiger partial charge on any atom is 0.262 e. The van der Waals surface area contributed by atoms with E-state index in [2.05, 4.69) is 26.2 Å². The molecule has 0 fully saturated rings. The summed E-state index contributed by atoms with van der Waals surface area (Å²) in [5, 5.41) is 10.5. The van der Waals surface area contributed by atoms with Gasteiger partial charge in [0.05, 0.1) is 4.92 Å². The predicted molar refractivity (Wildman–Crippen MR) is 67.7 cm³/mol. The van der Waals surface area contributed by atoms with Crippen molar-refractivity contribution in [3.63, 3.8) is 0 Å². The number of hydrogen-bond acceptors (Lipinski definition) is 2. The molecule has 0 aromatic heterocycles. The van der Waals surface area contributed by atoms with Crippen LogP contribution in [0.3, 0.4) is 0 Å². The standard InChI is InChI=1S/C13H19NO2/c1-5-8-9-12(6-2)13(7-3)10-11(4)14(15)16/h7,9-10H,3-6,8H2,1-2H3/b12-9+,13-10+. The molecule has 0 amide bonds. The van der Waals surface area contributed by atoms with Gasteiger partial charge in [0.1, 0.15) is 0 Å². The Morgan fingerprint density at radius 1 is 1.44 bits per heavy atom. The summed E-state index contributed by atoms with van der Waals surface area (Å²) in [5.41, 5.74) is 1.77. The monoisotopic (exact) mass is 221 g/mol. The Hall–Kier alpha value is -1.64. The molecule has 0 spiro atoms. The minimum atomic E-state index is -0.489. The van der Waals surface area contributed by atoms with Crippen molar-refractivity contribution in [3.8, 4) is 0 Å². The van der Waals surface area contributed by atoms with Gasteiger partial charge in [-0.15, -0.1) is 0 Å². The van der Waals surface area contributed by atoms with E-state index in [-0.39, 0.29) is 5.70 Å². The van der Waals surface area contributed by atoms with E-state index in [1.807, 2.05) is 6.92 Å². The molecule has 0 radical (unpaired) electrons. The number of rotatable bonds is 7. The molecule has 0 bridgehead atoms. The molecule has 0 N–H and O–H groups in total. The molecule has 16 heavy (non-hydrogen) atoms. The maximum absolute atomic E-state index is 10.5. The lowest BCUT2D eigenvalue weighted by Crippen LogP contribution is -1.95. The number of nitrogens with zero attached hydrogens (tertiary/aromatic N) is 1. The Morgan fingerprint density at radius 2 is 2.06 bits per heavy atom. The van der Waals surface area contributed by atoms with Gasteiger partial charge in [-0.2, -0.15) is 0 Å². The highest BCUT2D eigenvalue weighted by molar-refractivity contribution is 5.41. The first-order chi connectivity index (χ1) is 7.56. The van der Waals surface area contributed by atoms with Crippen LogP contribution in [0.25, 0.3) is 0 Å². The van der Waals surface area contributed by atoms with Crippen LogP contribution in [0.5, 0.6) is 0 Å². The molecule has 0 saturated heterocycles. The van der Waals surface area contributed by atoms with Crippen LogP contribution in [0.1, 0.15) is 33.1 Å². The van der Waals surface area contributed by atoms with Crippen LogP contribution in [-0.2, 0) is 0 Å². The summed E-state index contributed by atoms with van der Waals surface area (Å²) >= 11 is 0. The lowest BCUT2D eigenvalue weighted by molar-refractivity contribution is -0.418. The van der Waals surface area contributed by atoms with E-state index in [0.29, 0.717) is 0 Å². The van der Waals surface area contributed by atoms with Crippen molar-refractivity contribution in [3.05, 3.63) is 58.3 Å². The fourth-order valence-corrected chi connectivity index (χ4v) is 1.30. The summed E-state index contributed by atoms with van der Waals surface area (Å²) in [7, 11) is 0. The molecule has 0 saturated carbocycles. The maximum atomic E-state index is 10.5. The Labute approximate surface area is 97.0 Å². The highest BCUT2D eigenvalue weighted by Crippen LogP contribution is 2.18. The molecule has 0 rings (SSSR count). The second-order valence-corrected chi connectivity index (χ2v) is 3.42. The zero-order valence-corrected chi connectivity index (χ0v) is 10.0.